The summed E-state index contributed by atoms with van der Waals surface area (Å²) in [5, 5.41) is 5.65. The highest BCUT2D eigenvalue weighted by molar-refractivity contribution is 5.97. The minimum Gasteiger partial charge on any atom is -0.344 e. The largest absolute Gasteiger partial charge is 0.344 e. The first-order valence-corrected chi connectivity index (χ1v) is 11.7. The van der Waals surface area contributed by atoms with Crippen molar-refractivity contribution in [3.8, 4) is 0 Å². The SMILES string of the molecule is CCC[C@@H](NC(=O)C(C)(C)C)C(=O)Nc1cn(C(C(=O)N2CCCC2)c2ccccc2)cn1. The zero-order chi connectivity index (χ0) is 24.0. The summed E-state index contributed by atoms with van der Waals surface area (Å²) in [5.74, 6) is -0.125. The van der Waals surface area contributed by atoms with Crippen molar-refractivity contribution in [2.24, 2.45) is 5.41 Å². The van der Waals surface area contributed by atoms with E-state index in [1.54, 1.807) is 17.1 Å². The third kappa shape index (κ3) is 6.21. The van der Waals surface area contributed by atoms with Crippen LogP contribution in [0, 0.1) is 5.41 Å². The van der Waals surface area contributed by atoms with Crippen LogP contribution in [0.3, 0.4) is 0 Å². The van der Waals surface area contributed by atoms with Gasteiger partial charge in [-0.2, -0.15) is 0 Å². The van der Waals surface area contributed by atoms with E-state index in [0.29, 0.717) is 12.2 Å². The highest BCUT2D eigenvalue weighted by atomic mass is 16.2. The van der Waals surface area contributed by atoms with Gasteiger partial charge in [0, 0.05) is 24.7 Å². The normalized spacial score (nSPS) is 15.7. The predicted octanol–water partition coefficient (Wildman–Crippen LogP) is 3.36. The number of amides is 3. The number of hydrogen-bond acceptors (Lipinski definition) is 4. The van der Waals surface area contributed by atoms with Crippen LogP contribution in [0.5, 0.6) is 0 Å². The zero-order valence-corrected chi connectivity index (χ0v) is 20.0. The molecule has 2 aromatic rings. The van der Waals surface area contributed by atoms with Gasteiger partial charge in [-0.25, -0.2) is 4.98 Å². The topological polar surface area (TPSA) is 96.3 Å². The molecule has 2 heterocycles. The molecule has 1 saturated heterocycles. The van der Waals surface area contributed by atoms with E-state index in [-0.39, 0.29) is 17.7 Å². The van der Waals surface area contributed by atoms with Gasteiger partial charge < -0.3 is 20.1 Å². The molecule has 178 valence electrons. The Kier molecular flexibility index (Phi) is 7.89. The Morgan fingerprint density at radius 2 is 1.76 bits per heavy atom. The number of aromatic nitrogens is 2. The Morgan fingerprint density at radius 1 is 1.09 bits per heavy atom. The number of benzene rings is 1. The van der Waals surface area contributed by atoms with E-state index in [1.165, 1.54) is 0 Å². The van der Waals surface area contributed by atoms with E-state index < -0.39 is 17.5 Å². The summed E-state index contributed by atoms with van der Waals surface area (Å²) >= 11 is 0. The fourth-order valence-electron chi connectivity index (χ4n) is 3.88. The summed E-state index contributed by atoms with van der Waals surface area (Å²) in [7, 11) is 0. The molecule has 0 radical (unpaired) electrons. The van der Waals surface area contributed by atoms with Crippen LogP contribution in [0.25, 0.3) is 0 Å². The van der Waals surface area contributed by atoms with Crippen molar-refractivity contribution in [1.29, 1.82) is 0 Å². The van der Waals surface area contributed by atoms with Crippen LogP contribution in [0.2, 0.25) is 0 Å². The average Bonchev–Trinajstić information content (AvgIpc) is 3.46. The van der Waals surface area contributed by atoms with Crippen LogP contribution in [-0.4, -0.2) is 51.3 Å². The molecule has 0 spiro atoms. The third-order valence-electron chi connectivity index (χ3n) is 5.80. The van der Waals surface area contributed by atoms with Crippen molar-refractivity contribution >= 4 is 23.5 Å². The third-order valence-corrected chi connectivity index (χ3v) is 5.80. The quantitative estimate of drug-likeness (QED) is 0.641. The monoisotopic (exact) mass is 453 g/mol. The molecule has 1 aliphatic rings. The number of rotatable bonds is 8. The van der Waals surface area contributed by atoms with Crippen LogP contribution in [0.4, 0.5) is 5.82 Å². The second-order valence-corrected chi connectivity index (χ2v) is 9.61. The highest BCUT2D eigenvalue weighted by Crippen LogP contribution is 2.24. The van der Waals surface area contributed by atoms with Crippen LogP contribution >= 0.6 is 0 Å². The van der Waals surface area contributed by atoms with Crippen molar-refractivity contribution in [1.82, 2.24) is 19.8 Å². The summed E-state index contributed by atoms with van der Waals surface area (Å²) in [6.07, 6.45) is 6.54. The molecular weight excluding hydrogens is 418 g/mol. The molecule has 0 saturated carbocycles. The summed E-state index contributed by atoms with van der Waals surface area (Å²) in [5.41, 5.74) is 0.276. The van der Waals surface area contributed by atoms with Crippen molar-refractivity contribution in [2.45, 2.75) is 65.5 Å². The lowest BCUT2D eigenvalue weighted by atomic mass is 9.95. The van der Waals surface area contributed by atoms with E-state index in [4.69, 9.17) is 0 Å². The molecule has 8 nitrogen and oxygen atoms in total. The number of hydrogen-bond donors (Lipinski definition) is 2. The number of imidazole rings is 1. The van der Waals surface area contributed by atoms with Gasteiger partial charge >= 0.3 is 0 Å². The summed E-state index contributed by atoms with van der Waals surface area (Å²) in [4.78, 5) is 44.9. The molecule has 3 amide bonds. The van der Waals surface area contributed by atoms with Gasteiger partial charge in [0.15, 0.2) is 5.82 Å². The molecule has 1 fully saturated rings. The smallest absolute Gasteiger partial charge is 0.250 e. The van der Waals surface area contributed by atoms with Crippen LogP contribution < -0.4 is 10.6 Å². The van der Waals surface area contributed by atoms with Crippen LogP contribution in [0.15, 0.2) is 42.9 Å². The van der Waals surface area contributed by atoms with Gasteiger partial charge in [0.2, 0.25) is 17.7 Å². The molecule has 2 N–H and O–H groups in total. The molecular formula is C25H35N5O3. The first kappa shape index (κ1) is 24.5. The first-order chi connectivity index (χ1) is 15.7. The zero-order valence-electron chi connectivity index (χ0n) is 20.0. The maximum Gasteiger partial charge on any atom is 0.250 e. The average molecular weight is 454 g/mol. The number of carbonyl (C=O) groups is 3. The first-order valence-electron chi connectivity index (χ1n) is 11.7. The van der Waals surface area contributed by atoms with Gasteiger partial charge in [0.25, 0.3) is 0 Å². The Labute approximate surface area is 195 Å². The van der Waals surface area contributed by atoms with Gasteiger partial charge in [-0.3, -0.25) is 14.4 Å². The lowest BCUT2D eigenvalue weighted by Gasteiger charge is -2.24. The van der Waals surface area contributed by atoms with Gasteiger partial charge in [0.05, 0.1) is 6.33 Å². The van der Waals surface area contributed by atoms with Crippen molar-refractivity contribution < 1.29 is 14.4 Å². The molecule has 1 aromatic heterocycles. The lowest BCUT2D eigenvalue weighted by molar-refractivity contribution is -0.132. The van der Waals surface area contributed by atoms with E-state index in [0.717, 1.165) is 37.9 Å². The maximum atomic E-state index is 13.3. The van der Waals surface area contributed by atoms with Gasteiger partial charge in [-0.15, -0.1) is 0 Å². The molecule has 1 aromatic carbocycles. The summed E-state index contributed by atoms with van der Waals surface area (Å²) < 4.78 is 1.74. The molecule has 0 aliphatic carbocycles. The minimum atomic E-state index is -0.650. The predicted molar refractivity (Wildman–Crippen MR) is 128 cm³/mol. The van der Waals surface area contributed by atoms with Crippen LogP contribution in [-0.2, 0) is 14.4 Å². The van der Waals surface area contributed by atoms with Crippen molar-refractivity contribution in [3.05, 3.63) is 48.4 Å². The molecule has 1 unspecified atom stereocenters. The molecule has 1 aliphatic heterocycles. The molecule has 3 rings (SSSR count). The Balaban J connectivity index is 1.78. The summed E-state index contributed by atoms with van der Waals surface area (Å²) in [6, 6.07) is 8.39. The molecule has 0 bridgehead atoms. The van der Waals surface area contributed by atoms with E-state index in [9.17, 15) is 14.4 Å². The summed E-state index contributed by atoms with van der Waals surface area (Å²) in [6.45, 7) is 8.91. The Hall–Kier alpha value is -3.16. The maximum absolute atomic E-state index is 13.3. The van der Waals surface area contributed by atoms with Gasteiger partial charge in [0.1, 0.15) is 12.1 Å². The van der Waals surface area contributed by atoms with Gasteiger partial charge in [-0.05, 0) is 24.8 Å². The minimum absolute atomic E-state index is 0.0234. The molecule has 2 atom stereocenters. The fraction of sp³-hybridized carbons (Fsp3) is 0.520. The highest BCUT2D eigenvalue weighted by Gasteiger charge is 2.30. The second kappa shape index (κ2) is 10.6. The van der Waals surface area contributed by atoms with Crippen LogP contribution in [0.1, 0.15) is 65.0 Å². The number of likely N-dealkylation sites (tertiary alicyclic amines) is 1. The van der Waals surface area contributed by atoms with Crippen molar-refractivity contribution in [2.75, 3.05) is 18.4 Å². The number of nitrogens with one attached hydrogen (secondary N) is 2. The van der Waals surface area contributed by atoms with Gasteiger partial charge in [-0.1, -0.05) is 64.4 Å². The number of carbonyl (C=O) groups excluding carboxylic acids is 3. The Morgan fingerprint density at radius 3 is 2.36 bits per heavy atom. The van der Waals surface area contributed by atoms with E-state index in [2.05, 4.69) is 15.6 Å². The fourth-order valence-corrected chi connectivity index (χ4v) is 3.88. The van der Waals surface area contributed by atoms with E-state index >= 15 is 0 Å². The molecule has 8 heteroatoms. The number of nitrogens with zero attached hydrogens (tertiary/aromatic N) is 3. The second-order valence-electron chi connectivity index (χ2n) is 9.61. The van der Waals surface area contributed by atoms with Crippen molar-refractivity contribution in [3.63, 3.8) is 0 Å². The van der Waals surface area contributed by atoms with E-state index in [1.807, 2.05) is 62.9 Å². The lowest BCUT2D eigenvalue weighted by Crippen LogP contribution is -2.47. The molecule has 33 heavy (non-hydrogen) atoms. The standard InChI is InChI=1S/C25H35N5O3/c1-5-11-19(27-24(33)25(2,3)4)22(31)28-20-16-30(17-26-20)21(18-12-7-6-8-13-18)23(32)29-14-9-10-15-29/h6-8,12-13,16-17,19,21H,5,9-11,14-15H2,1-4H3,(H,27,33)(H,28,31)/t19-,21?/m1/s1. The number of anilines is 1. The Bertz CT molecular complexity index is 958.